The number of amides is 2. The first-order valence-electron chi connectivity index (χ1n) is 9.07. The number of benzene rings is 1. The van der Waals surface area contributed by atoms with E-state index in [1.54, 1.807) is 19.9 Å². The van der Waals surface area contributed by atoms with E-state index in [9.17, 15) is 28.3 Å². The number of ether oxygens (including phenoxy) is 1. The maximum atomic E-state index is 12.8. The molecule has 2 rings (SSSR count). The Labute approximate surface area is 161 Å². The number of piperidine rings is 1. The highest BCUT2D eigenvalue weighted by Crippen LogP contribution is 2.25. The quantitative estimate of drug-likeness (QED) is 0.735. The van der Waals surface area contributed by atoms with Crippen LogP contribution in [0, 0.1) is 11.8 Å². The molecule has 2 atom stereocenters. The molecule has 0 aliphatic carbocycles. The van der Waals surface area contributed by atoms with E-state index in [1.165, 1.54) is 23.1 Å². The van der Waals surface area contributed by atoms with Crippen LogP contribution in [0.25, 0.3) is 0 Å². The van der Waals surface area contributed by atoms with Gasteiger partial charge in [-0.25, -0.2) is 4.79 Å². The number of hydrogen-bond donors (Lipinski definition) is 2. The Hall–Kier alpha value is -2.71. The van der Waals surface area contributed by atoms with E-state index >= 15 is 0 Å². The summed E-state index contributed by atoms with van der Waals surface area (Å²) >= 11 is 0. The molecule has 2 N–H and O–H groups in total. The van der Waals surface area contributed by atoms with Crippen molar-refractivity contribution in [2.24, 2.45) is 11.8 Å². The molecule has 0 saturated carbocycles. The number of carboxylic acids is 1. The number of halogens is 2. The molecule has 0 spiro atoms. The van der Waals surface area contributed by atoms with Crippen LogP contribution < -0.4 is 10.1 Å². The molecular weight excluding hydrogens is 374 g/mol. The summed E-state index contributed by atoms with van der Waals surface area (Å²) in [7, 11) is 0. The Balaban J connectivity index is 2.10. The predicted octanol–water partition coefficient (Wildman–Crippen LogP) is 2.37. The van der Waals surface area contributed by atoms with E-state index in [4.69, 9.17) is 0 Å². The molecule has 1 aromatic rings. The zero-order valence-electron chi connectivity index (χ0n) is 15.7. The van der Waals surface area contributed by atoms with Gasteiger partial charge in [-0.05, 0) is 30.9 Å². The van der Waals surface area contributed by atoms with Crippen molar-refractivity contribution in [3.05, 3.63) is 29.8 Å². The summed E-state index contributed by atoms with van der Waals surface area (Å²) in [5.41, 5.74) is -0.00514. The highest BCUT2D eigenvalue weighted by atomic mass is 19.3. The van der Waals surface area contributed by atoms with Gasteiger partial charge in [-0.1, -0.05) is 26.0 Å². The average Bonchev–Trinajstić information content (AvgIpc) is 2.65. The lowest BCUT2D eigenvalue weighted by Gasteiger charge is -2.33. The van der Waals surface area contributed by atoms with Crippen LogP contribution in [-0.4, -0.2) is 53.5 Å². The van der Waals surface area contributed by atoms with Gasteiger partial charge in [0.1, 0.15) is 11.8 Å². The van der Waals surface area contributed by atoms with Crippen molar-refractivity contribution in [2.45, 2.75) is 39.3 Å². The number of rotatable bonds is 7. The summed E-state index contributed by atoms with van der Waals surface area (Å²) in [5.74, 6) is -3.14. The first-order chi connectivity index (χ1) is 13.2. The fraction of sp³-hybridized carbons (Fsp3) is 0.526. The van der Waals surface area contributed by atoms with Crippen LogP contribution in [0.1, 0.15) is 37.0 Å². The number of nitrogens with zero attached hydrogens (tertiary/aromatic N) is 1. The van der Waals surface area contributed by atoms with Crippen LogP contribution in [0.15, 0.2) is 24.3 Å². The van der Waals surface area contributed by atoms with Crippen LogP contribution in [0.4, 0.5) is 8.78 Å². The molecule has 1 aliphatic heterocycles. The molecule has 9 heteroatoms. The molecular formula is C19H24F2N2O5. The molecule has 0 radical (unpaired) electrons. The average molecular weight is 398 g/mol. The van der Waals surface area contributed by atoms with Crippen molar-refractivity contribution < 1.29 is 33.0 Å². The fourth-order valence-corrected chi connectivity index (χ4v) is 3.17. The zero-order valence-corrected chi connectivity index (χ0v) is 15.7. The van der Waals surface area contributed by atoms with Crippen molar-refractivity contribution in [1.29, 1.82) is 0 Å². The molecule has 1 aromatic carbocycles. The number of likely N-dealkylation sites (tertiary alicyclic amines) is 1. The van der Waals surface area contributed by atoms with Crippen molar-refractivity contribution in [3.63, 3.8) is 0 Å². The number of aliphatic carboxylic acids is 1. The molecule has 1 heterocycles. The third-order valence-corrected chi connectivity index (χ3v) is 4.64. The Morgan fingerprint density at radius 2 is 1.93 bits per heavy atom. The smallest absolute Gasteiger partial charge is 0.387 e. The molecule has 2 amide bonds. The minimum atomic E-state index is -3.06. The van der Waals surface area contributed by atoms with Crippen LogP contribution in [0.5, 0.6) is 5.75 Å². The van der Waals surface area contributed by atoms with Crippen molar-refractivity contribution in [3.8, 4) is 5.75 Å². The maximum absolute atomic E-state index is 12.8. The highest BCUT2D eigenvalue weighted by Gasteiger charge is 2.33. The third-order valence-electron chi connectivity index (χ3n) is 4.64. The largest absolute Gasteiger partial charge is 0.480 e. The lowest BCUT2D eigenvalue weighted by molar-refractivity contribution is -0.144. The van der Waals surface area contributed by atoms with Crippen LogP contribution in [-0.2, 0) is 9.59 Å². The number of para-hydroxylation sites is 1. The molecule has 7 nitrogen and oxygen atoms in total. The van der Waals surface area contributed by atoms with Gasteiger partial charge in [-0.15, -0.1) is 0 Å². The number of carboxylic acid groups (broad SMARTS) is 1. The predicted molar refractivity (Wildman–Crippen MR) is 96.1 cm³/mol. The fourth-order valence-electron chi connectivity index (χ4n) is 3.17. The van der Waals surface area contributed by atoms with E-state index in [-0.39, 0.29) is 23.8 Å². The third kappa shape index (κ3) is 5.40. The molecule has 0 bridgehead atoms. The minimum Gasteiger partial charge on any atom is -0.480 e. The van der Waals surface area contributed by atoms with E-state index in [0.717, 1.165) is 0 Å². The summed E-state index contributed by atoms with van der Waals surface area (Å²) in [6.07, 6.45) is 1.05. The zero-order chi connectivity index (χ0) is 20.8. The van der Waals surface area contributed by atoms with Gasteiger partial charge in [0.05, 0.1) is 11.5 Å². The summed E-state index contributed by atoms with van der Waals surface area (Å²) in [6.45, 7) is 0.777. The van der Waals surface area contributed by atoms with E-state index < -0.39 is 36.4 Å². The van der Waals surface area contributed by atoms with Gasteiger partial charge in [0, 0.05) is 13.1 Å². The highest BCUT2D eigenvalue weighted by molar-refractivity contribution is 5.97. The standard InChI is InChI=1S/C19H24F2N2O5/c1-11(2)15(18(26)27)22-16(24)12-6-5-9-23(10-12)17(25)13-7-3-4-8-14(13)28-19(20)21/h3-4,7-8,11-12,15,19H,5-6,9-10H2,1-2H3,(H,22,24)(H,26,27)/t12?,15-/m1/s1. The molecule has 1 saturated heterocycles. The number of nitrogens with one attached hydrogen (secondary N) is 1. The van der Waals surface area contributed by atoms with Gasteiger partial charge in [0.2, 0.25) is 5.91 Å². The number of carbonyl (C=O) groups excluding carboxylic acids is 2. The van der Waals surface area contributed by atoms with Crippen LogP contribution in [0.2, 0.25) is 0 Å². The monoisotopic (exact) mass is 398 g/mol. The van der Waals surface area contributed by atoms with Gasteiger partial charge in [-0.2, -0.15) is 8.78 Å². The first-order valence-corrected chi connectivity index (χ1v) is 9.07. The number of carbonyl (C=O) groups is 3. The van der Waals surface area contributed by atoms with Gasteiger partial charge in [0.25, 0.3) is 5.91 Å². The second kappa shape index (κ2) is 9.48. The van der Waals surface area contributed by atoms with Crippen LogP contribution >= 0.6 is 0 Å². The molecule has 0 aromatic heterocycles. The maximum Gasteiger partial charge on any atom is 0.387 e. The summed E-state index contributed by atoms with van der Waals surface area (Å²) in [6, 6.07) is 4.69. The van der Waals surface area contributed by atoms with Crippen LogP contribution in [0.3, 0.4) is 0 Å². The lowest BCUT2D eigenvalue weighted by atomic mass is 9.95. The molecule has 1 aliphatic rings. The normalized spacial score (nSPS) is 18.1. The molecule has 154 valence electrons. The molecule has 1 fully saturated rings. The second-order valence-electron chi connectivity index (χ2n) is 7.03. The van der Waals surface area contributed by atoms with E-state index in [1.807, 2.05) is 0 Å². The van der Waals surface area contributed by atoms with Gasteiger partial charge in [-0.3, -0.25) is 9.59 Å². The van der Waals surface area contributed by atoms with E-state index in [2.05, 4.69) is 10.1 Å². The van der Waals surface area contributed by atoms with Crippen molar-refractivity contribution >= 4 is 17.8 Å². The molecule has 28 heavy (non-hydrogen) atoms. The van der Waals surface area contributed by atoms with Gasteiger partial charge < -0.3 is 20.1 Å². The summed E-state index contributed by atoms with van der Waals surface area (Å²) < 4.78 is 29.6. The minimum absolute atomic E-state index is 0.00514. The SMILES string of the molecule is CC(C)[C@@H](NC(=O)C1CCCN(C(=O)c2ccccc2OC(F)F)C1)C(=O)O. The second-order valence-corrected chi connectivity index (χ2v) is 7.03. The van der Waals surface area contributed by atoms with Crippen molar-refractivity contribution in [2.75, 3.05) is 13.1 Å². The topological polar surface area (TPSA) is 95.9 Å². The van der Waals surface area contributed by atoms with Crippen molar-refractivity contribution in [1.82, 2.24) is 10.2 Å². The Morgan fingerprint density at radius 3 is 2.54 bits per heavy atom. The van der Waals surface area contributed by atoms with E-state index in [0.29, 0.717) is 19.4 Å². The Kier molecular flexibility index (Phi) is 7.31. The Morgan fingerprint density at radius 1 is 1.25 bits per heavy atom. The lowest BCUT2D eigenvalue weighted by Crippen LogP contribution is -2.51. The van der Waals surface area contributed by atoms with Gasteiger partial charge in [0.15, 0.2) is 0 Å². The summed E-state index contributed by atoms with van der Waals surface area (Å²) in [4.78, 5) is 38.0. The number of hydrogen-bond acceptors (Lipinski definition) is 4. The summed E-state index contributed by atoms with van der Waals surface area (Å²) in [5, 5.41) is 11.7. The first kappa shape index (κ1) is 21.6. The number of alkyl halides is 2. The Bertz CT molecular complexity index is 726. The van der Waals surface area contributed by atoms with Gasteiger partial charge >= 0.3 is 12.6 Å². The molecule has 1 unspecified atom stereocenters.